The molecule has 0 bridgehead atoms. The number of ketones is 1. The lowest BCUT2D eigenvalue weighted by atomic mass is 9.96. The molecule has 3 nitrogen and oxygen atoms in total. The number of anilines is 2. The maximum absolute atomic E-state index is 13.6. The Labute approximate surface area is 173 Å². The number of nitrogens with zero attached hydrogens (tertiary/aromatic N) is 2. The lowest BCUT2D eigenvalue weighted by Gasteiger charge is -2.35. The number of carbonyl (C=O) groups is 1. The highest BCUT2D eigenvalue weighted by atomic mass is 19.3. The number of carbonyl (C=O) groups excluding carboxylic acids is 1. The molecule has 2 aromatic rings. The molecule has 2 aliphatic heterocycles. The standard InChI is InChI=1S/C23H24F4N2O/c24-22(25)9-13-28(14-10-22)19-7-3-1-5-17(19)21(30)18-6-2-4-8-20(18)29-15-11-23(26,27)12-16-29/h1-8H,9-16H2. The normalized spacial score (nSPS) is 20.8. The van der Waals surface area contributed by atoms with E-state index >= 15 is 0 Å². The van der Waals surface area contributed by atoms with Crippen LogP contribution in [0.1, 0.15) is 41.6 Å². The molecule has 0 aromatic heterocycles. The van der Waals surface area contributed by atoms with Gasteiger partial charge in [0.2, 0.25) is 0 Å². The minimum Gasteiger partial charge on any atom is -0.370 e. The Balaban J connectivity index is 1.62. The van der Waals surface area contributed by atoms with Gasteiger partial charge in [-0.15, -0.1) is 0 Å². The molecule has 0 amide bonds. The summed E-state index contributed by atoms with van der Waals surface area (Å²) in [5, 5.41) is 0. The highest BCUT2D eigenvalue weighted by Gasteiger charge is 2.36. The fraction of sp³-hybridized carbons (Fsp3) is 0.435. The molecule has 0 spiro atoms. The predicted molar refractivity (Wildman–Crippen MR) is 109 cm³/mol. The van der Waals surface area contributed by atoms with Crippen molar-refractivity contribution in [2.45, 2.75) is 37.5 Å². The van der Waals surface area contributed by atoms with Crippen LogP contribution in [-0.2, 0) is 0 Å². The molecule has 160 valence electrons. The van der Waals surface area contributed by atoms with E-state index in [1.54, 1.807) is 48.5 Å². The van der Waals surface area contributed by atoms with Gasteiger partial charge in [0.05, 0.1) is 0 Å². The first-order valence-electron chi connectivity index (χ1n) is 10.2. The van der Waals surface area contributed by atoms with Crippen LogP contribution in [0.2, 0.25) is 0 Å². The molecule has 30 heavy (non-hydrogen) atoms. The largest absolute Gasteiger partial charge is 0.370 e. The van der Waals surface area contributed by atoms with Crippen LogP contribution in [0.4, 0.5) is 28.9 Å². The monoisotopic (exact) mass is 420 g/mol. The lowest BCUT2D eigenvalue weighted by Crippen LogP contribution is -2.40. The van der Waals surface area contributed by atoms with E-state index in [1.165, 1.54) is 0 Å². The quantitative estimate of drug-likeness (QED) is 0.490. The zero-order chi connectivity index (χ0) is 21.4. The summed E-state index contributed by atoms with van der Waals surface area (Å²) < 4.78 is 54.3. The van der Waals surface area contributed by atoms with Crippen LogP contribution in [0, 0.1) is 0 Å². The smallest absolute Gasteiger partial charge is 0.251 e. The van der Waals surface area contributed by atoms with Gasteiger partial charge in [0.15, 0.2) is 5.78 Å². The van der Waals surface area contributed by atoms with Gasteiger partial charge >= 0.3 is 0 Å². The average molecular weight is 420 g/mol. The van der Waals surface area contributed by atoms with E-state index in [2.05, 4.69) is 0 Å². The minimum absolute atomic E-state index is 0.181. The average Bonchev–Trinajstić information content (AvgIpc) is 2.73. The van der Waals surface area contributed by atoms with Gasteiger partial charge in [-0.05, 0) is 24.3 Å². The van der Waals surface area contributed by atoms with Crippen molar-refractivity contribution in [3.05, 3.63) is 59.7 Å². The van der Waals surface area contributed by atoms with Crippen LogP contribution in [0.15, 0.2) is 48.5 Å². The fourth-order valence-electron chi connectivity index (χ4n) is 4.18. The summed E-state index contributed by atoms with van der Waals surface area (Å²) >= 11 is 0. The summed E-state index contributed by atoms with van der Waals surface area (Å²) in [5.41, 5.74) is 2.16. The second-order valence-corrected chi connectivity index (χ2v) is 8.05. The molecular weight excluding hydrogens is 396 g/mol. The first kappa shape index (κ1) is 20.7. The number of piperidine rings is 2. The number of hydrogen-bond donors (Lipinski definition) is 0. The van der Waals surface area contributed by atoms with Crippen molar-refractivity contribution in [1.82, 2.24) is 0 Å². The summed E-state index contributed by atoms with van der Waals surface area (Å²) in [6.45, 7) is 0.723. The Bertz CT molecular complexity index is 837. The van der Waals surface area contributed by atoms with Crippen LogP contribution < -0.4 is 9.80 Å². The first-order valence-corrected chi connectivity index (χ1v) is 10.2. The summed E-state index contributed by atoms with van der Waals surface area (Å²) in [4.78, 5) is 17.1. The van der Waals surface area contributed by atoms with Gasteiger partial charge in [-0.2, -0.15) is 0 Å². The Kier molecular flexibility index (Phi) is 5.47. The molecule has 0 atom stereocenters. The molecule has 0 radical (unpaired) electrons. The van der Waals surface area contributed by atoms with Crippen LogP contribution in [-0.4, -0.2) is 43.8 Å². The Morgan fingerprint density at radius 3 is 1.33 bits per heavy atom. The molecule has 2 saturated heterocycles. The molecule has 4 rings (SSSR count). The topological polar surface area (TPSA) is 23.6 Å². The van der Waals surface area contributed by atoms with Gasteiger partial charge in [-0.1, -0.05) is 24.3 Å². The van der Waals surface area contributed by atoms with Crippen LogP contribution >= 0.6 is 0 Å². The molecule has 2 fully saturated rings. The first-order chi connectivity index (χ1) is 14.3. The van der Waals surface area contributed by atoms with E-state index in [9.17, 15) is 22.4 Å². The van der Waals surface area contributed by atoms with E-state index in [-0.39, 0.29) is 57.6 Å². The highest BCUT2D eigenvalue weighted by molar-refractivity contribution is 6.15. The highest BCUT2D eigenvalue weighted by Crippen LogP contribution is 2.35. The number of benzene rings is 2. The van der Waals surface area contributed by atoms with Gasteiger partial charge in [-0.3, -0.25) is 4.79 Å². The van der Waals surface area contributed by atoms with Crippen molar-refractivity contribution in [2.24, 2.45) is 0 Å². The van der Waals surface area contributed by atoms with E-state index in [0.29, 0.717) is 22.5 Å². The molecule has 2 heterocycles. The number of alkyl halides is 4. The van der Waals surface area contributed by atoms with Gasteiger partial charge < -0.3 is 9.80 Å². The number of rotatable bonds is 4. The SMILES string of the molecule is O=C(c1ccccc1N1CCC(F)(F)CC1)c1ccccc1N1CCC(F)(F)CC1. The summed E-state index contributed by atoms with van der Waals surface area (Å²) in [7, 11) is 0. The molecule has 0 N–H and O–H groups in total. The minimum atomic E-state index is -2.67. The Morgan fingerprint density at radius 2 is 0.967 bits per heavy atom. The molecule has 2 aliphatic rings. The van der Waals surface area contributed by atoms with Gasteiger partial charge in [0.25, 0.3) is 11.8 Å². The summed E-state index contributed by atoms with van der Waals surface area (Å²) in [5.74, 6) is -5.56. The molecule has 0 aliphatic carbocycles. The third-order valence-electron chi connectivity index (χ3n) is 5.97. The van der Waals surface area contributed by atoms with Crippen LogP contribution in [0.25, 0.3) is 0 Å². The van der Waals surface area contributed by atoms with E-state index < -0.39 is 11.8 Å². The zero-order valence-electron chi connectivity index (χ0n) is 16.6. The summed E-state index contributed by atoms with van der Waals surface area (Å²) in [6.07, 6.45) is -0.968. The van der Waals surface area contributed by atoms with E-state index in [0.717, 1.165) is 0 Å². The molecule has 0 unspecified atom stereocenters. The molecule has 7 heteroatoms. The molecular formula is C23H24F4N2O. The zero-order valence-corrected chi connectivity index (χ0v) is 16.6. The Morgan fingerprint density at radius 1 is 0.633 bits per heavy atom. The van der Waals surface area contributed by atoms with Gasteiger partial charge in [0, 0.05) is 74.4 Å². The fourth-order valence-corrected chi connectivity index (χ4v) is 4.18. The molecule has 0 saturated carbocycles. The number of hydrogen-bond acceptors (Lipinski definition) is 3. The third kappa shape index (κ3) is 4.30. The summed E-state index contributed by atoms with van der Waals surface area (Å²) in [6, 6.07) is 14.0. The van der Waals surface area contributed by atoms with Gasteiger partial charge in [0.1, 0.15) is 0 Å². The van der Waals surface area contributed by atoms with E-state index in [1.807, 2.05) is 9.80 Å². The van der Waals surface area contributed by atoms with Crippen molar-refractivity contribution in [2.75, 3.05) is 36.0 Å². The Hall–Kier alpha value is -2.57. The predicted octanol–water partition coefficient (Wildman–Crippen LogP) is 5.39. The van der Waals surface area contributed by atoms with Gasteiger partial charge in [-0.25, -0.2) is 17.6 Å². The van der Waals surface area contributed by atoms with Crippen molar-refractivity contribution in [3.63, 3.8) is 0 Å². The second kappa shape index (κ2) is 7.93. The van der Waals surface area contributed by atoms with Crippen molar-refractivity contribution < 1.29 is 22.4 Å². The third-order valence-corrected chi connectivity index (χ3v) is 5.97. The molecule has 2 aromatic carbocycles. The van der Waals surface area contributed by atoms with Crippen LogP contribution in [0.3, 0.4) is 0 Å². The van der Waals surface area contributed by atoms with Crippen molar-refractivity contribution >= 4 is 17.2 Å². The van der Waals surface area contributed by atoms with E-state index in [4.69, 9.17) is 0 Å². The number of halogens is 4. The second-order valence-electron chi connectivity index (χ2n) is 8.05. The van der Waals surface area contributed by atoms with Crippen LogP contribution in [0.5, 0.6) is 0 Å². The maximum atomic E-state index is 13.6. The maximum Gasteiger partial charge on any atom is 0.251 e. The number of para-hydroxylation sites is 2. The van der Waals surface area contributed by atoms with Crippen molar-refractivity contribution in [1.29, 1.82) is 0 Å². The lowest BCUT2D eigenvalue weighted by molar-refractivity contribution is -0.0226. The van der Waals surface area contributed by atoms with Crippen molar-refractivity contribution in [3.8, 4) is 0 Å².